The Kier molecular flexibility index (Phi) is 7.01. The summed E-state index contributed by atoms with van der Waals surface area (Å²) >= 11 is 0. The molecule has 0 fully saturated rings. The van der Waals surface area contributed by atoms with E-state index in [9.17, 15) is 10.1 Å². The fourth-order valence-corrected chi connectivity index (χ4v) is 2.50. The second-order valence-corrected chi connectivity index (χ2v) is 6.13. The predicted molar refractivity (Wildman–Crippen MR) is 107 cm³/mol. The van der Waals surface area contributed by atoms with Gasteiger partial charge in [-0.05, 0) is 61.2 Å². The first kappa shape index (κ1) is 20.1. The Morgan fingerprint density at radius 2 is 2.00 bits per heavy atom. The van der Waals surface area contributed by atoms with Gasteiger partial charge in [-0.25, -0.2) is 0 Å². The number of amides is 1. The topological polar surface area (TPSA) is 71.3 Å². The van der Waals surface area contributed by atoms with Crippen LogP contribution in [0.3, 0.4) is 0 Å². The molecule has 0 radical (unpaired) electrons. The van der Waals surface area contributed by atoms with Crippen molar-refractivity contribution in [1.29, 1.82) is 5.26 Å². The molecule has 0 aromatic heterocycles. The third kappa shape index (κ3) is 5.11. The summed E-state index contributed by atoms with van der Waals surface area (Å²) in [4.78, 5) is 12.5. The van der Waals surface area contributed by atoms with Crippen molar-refractivity contribution in [2.75, 3.05) is 19.0 Å². The average molecular weight is 364 g/mol. The zero-order valence-electron chi connectivity index (χ0n) is 16.1. The number of methoxy groups -OCH3 is 1. The van der Waals surface area contributed by atoms with Gasteiger partial charge in [0.15, 0.2) is 11.5 Å². The van der Waals surface area contributed by atoms with E-state index < -0.39 is 5.91 Å². The lowest BCUT2D eigenvalue weighted by molar-refractivity contribution is -0.112. The number of nitrogens with zero attached hydrogens (tertiary/aromatic N) is 1. The van der Waals surface area contributed by atoms with Crippen molar-refractivity contribution in [3.05, 3.63) is 58.7 Å². The lowest BCUT2D eigenvalue weighted by Gasteiger charge is -2.11. The van der Waals surface area contributed by atoms with Gasteiger partial charge in [0.25, 0.3) is 5.91 Å². The van der Waals surface area contributed by atoms with Crippen LogP contribution in [0.2, 0.25) is 0 Å². The summed E-state index contributed by atoms with van der Waals surface area (Å²) in [5, 5.41) is 12.2. The molecule has 0 saturated heterocycles. The Morgan fingerprint density at radius 1 is 1.22 bits per heavy atom. The molecule has 0 saturated carbocycles. The number of nitriles is 1. The van der Waals surface area contributed by atoms with E-state index in [0.717, 1.165) is 17.5 Å². The van der Waals surface area contributed by atoms with Crippen molar-refractivity contribution in [3.8, 4) is 17.6 Å². The number of hydrogen-bond donors (Lipinski definition) is 1. The van der Waals surface area contributed by atoms with Crippen LogP contribution in [-0.2, 0) is 4.79 Å². The number of carbonyl (C=O) groups excluding carboxylic acids is 1. The molecule has 140 valence electrons. The van der Waals surface area contributed by atoms with Crippen LogP contribution >= 0.6 is 0 Å². The van der Waals surface area contributed by atoms with Crippen molar-refractivity contribution in [3.63, 3.8) is 0 Å². The Bertz CT molecular complexity index is 895. The fraction of sp³-hybridized carbons (Fsp3) is 0.273. The summed E-state index contributed by atoms with van der Waals surface area (Å²) in [7, 11) is 1.57. The predicted octanol–water partition coefficient (Wildman–Crippen LogP) is 4.65. The largest absolute Gasteiger partial charge is 0.493 e. The van der Waals surface area contributed by atoms with Crippen molar-refractivity contribution in [1.82, 2.24) is 0 Å². The maximum absolute atomic E-state index is 12.5. The van der Waals surface area contributed by atoms with Gasteiger partial charge in [0.05, 0.1) is 13.7 Å². The van der Waals surface area contributed by atoms with E-state index in [4.69, 9.17) is 9.47 Å². The number of anilines is 1. The SMILES string of the molecule is CCCOc1cc(/C=C(\C#N)C(=O)Nc2cccc(C)c2C)ccc1OC. The summed E-state index contributed by atoms with van der Waals surface area (Å²) in [5.74, 6) is 0.748. The first-order valence-electron chi connectivity index (χ1n) is 8.80. The zero-order chi connectivity index (χ0) is 19.8. The van der Waals surface area contributed by atoms with E-state index in [1.807, 2.05) is 45.0 Å². The quantitative estimate of drug-likeness (QED) is 0.573. The lowest BCUT2D eigenvalue weighted by Crippen LogP contribution is -2.14. The Labute approximate surface area is 160 Å². The van der Waals surface area contributed by atoms with Crippen molar-refractivity contribution < 1.29 is 14.3 Å². The summed E-state index contributed by atoms with van der Waals surface area (Å²) in [6, 6.07) is 12.9. The molecule has 0 aliphatic heterocycles. The number of rotatable bonds is 7. The molecule has 0 bridgehead atoms. The van der Waals surface area contributed by atoms with Gasteiger partial charge in [0.1, 0.15) is 11.6 Å². The minimum Gasteiger partial charge on any atom is -0.493 e. The number of hydrogen-bond acceptors (Lipinski definition) is 4. The van der Waals surface area contributed by atoms with E-state index in [1.54, 1.807) is 31.4 Å². The minimum atomic E-state index is -0.446. The van der Waals surface area contributed by atoms with Gasteiger partial charge < -0.3 is 14.8 Å². The van der Waals surface area contributed by atoms with Crippen LogP contribution in [0.25, 0.3) is 6.08 Å². The van der Waals surface area contributed by atoms with Crippen LogP contribution in [-0.4, -0.2) is 19.6 Å². The molecule has 5 heteroatoms. The highest BCUT2D eigenvalue weighted by Gasteiger charge is 2.12. The van der Waals surface area contributed by atoms with Crippen LogP contribution in [0.1, 0.15) is 30.0 Å². The maximum Gasteiger partial charge on any atom is 0.266 e. The van der Waals surface area contributed by atoms with Gasteiger partial charge in [-0.3, -0.25) is 4.79 Å². The van der Waals surface area contributed by atoms with Crippen molar-refractivity contribution >= 4 is 17.7 Å². The number of benzene rings is 2. The highest BCUT2D eigenvalue weighted by atomic mass is 16.5. The second kappa shape index (κ2) is 9.44. The third-order valence-corrected chi connectivity index (χ3v) is 4.18. The van der Waals surface area contributed by atoms with Crippen LogP contribution in [0.15, 0.2) is 42.0 Å². The summed E-state index contributed by atoms with van der Waals surface area (Å²) in [5.41, 5.74) is 3.45. The molecule has 0 atom stereocenters. The Hall–Kier alpha value is -3.26. The molecule has 2 aromatic carbocycles. The van der Waals surface area contributed by atoms with Crippen LogP contribution in [0.4, 0.5) is 5.69 Å². The van der Waals surface area contributed by atoms with Gasteiger partial charge in [0, 0.05) is 5.69 Å². The smallest absolute Gasteiger partial charge is 0.266 e. The van der Waals surface area contributed by atoms with Gasteiger partial charge in [0.2, 0.25) is 0 Å². The molecule has 5 nitrogen and oxygen atoms in total. The van der Waals surface area contributed by atoms with E-state index in [2.05, 4.69) is 5.32 Å². The second-order valence-electron chi connectivity index (χ2n) is 6.13. The molecule has 27 heavy (non-hydrogen) atoms. The molecule has 1 amide bonds. The fourth-order valence-electron chi connectivity index (χ4n) is 2.50. The number of nitrogens with one attached hydrogen (secondary N) is 1. The van der Waals surface area contributed by atoms with Crippen LogP contribution < -0.4 is 14.8 Å². The highest BCUT2D eigenvalue weighted by molar-refractivity contribution is 6.10. The van der Waals surface area contributed by atoms with Crippen LogP contribution in [0.5, 0.6) is 11.5 Å². The molecular formula is C22H24N2O3. The standard InChI is InChI=1S/C22H24N2O3/c1-5-11-27-21-13-17(9-10-20(21)26-4)12-18(14-23)22(25)24-19-8-6-7-15(2)16(19)3/h6-10,12-13H,5,11H2,1-4H3,(H,24,25)/b18-12+. The Morgan fingerprint density at radius 3 is 2.67 bits per heavy atom. The molecular weight excluding hydrogens is 340 g/mol. The maximum atomic E-state index is 12.5. The minimum absolute atomic E-state index is 0.0162. The van der Waals surface area contributed by atoms with Crippen molar-refractivity contribution in [2.45, 2.75) is 27.2 Å². The molecule has 2 rings (SSSR count). The molecule has 0 aliphatic rings. The molecule has 0 unspecified atom stereocenters. The van der Waals surface area contributed by atoms with Crippen LogP contribution in [0, 0.1) is 25.2 Å². The molecule has 0 aliphatic carbocycles. The van der Waals surface area contributed by atoms with E-state index in [-0.39, 0.29) is 5.57 Å². The molecule has 0 spiro atoms. The summed E-state index contributed by atoms with van der Waals surface area (Å²) in [6.07, 6.45) is 2.41. The third-order valence-electron chi connectivity index (χ3n) is 4.18. The molecule has 0 heterocycles. The average Bonchev–Trinajstić information content (AvgIpc) is 2.67. The number of aryl methyl sites for hydroxylation is 1. The normalized spacial score (nSPS) is 10.9. The number of ether oxygens (including phenoxy) is 2. The van der Waals surface area contributed by atoms with E-state index >= 15 is 0 Å². The first-order chi connectivity index (χ1) is 13.0. The lowest BCUT2D eigenvalue weighted by atomic mass is 10.1. The molecule has 2 aromatic rings. The highest BCUT2D eigenvalue weighted by Crippen LogP contribution is 2.29. The zero-order valence-corrected chi connectivity index (χ0v) is 16.1. The Balaban J connectivity index is 2.28. The van der Waals surface area contributed by atoms with Gasteiger partial charge in [-0.1, -0.05) is 25.1 Å². The first-order valence-corrected chi connectivity index (χ1v) is 8.80. The summed E-state index contributed by atoms with van der Waals surface area (Å²) in [6.45, 7) is 6.48. The van der Waals surface area contributed by atoms with Gasteiger partial charge in [-0.2, -0.15) is 5.26 Å². The monoisotopic (exact) mass is 364 g/mol. The van der Waals surface area contributed by atoms with E-state index in [1.165, 1.54) is 0 Å². The summed E-state index contributed by atoms with van der Waals surface area (Å²) < 4.78 is 11.0. The van der Waals surface area contributed by atoms with Gasteiger partial charge >= 0.3 is 0 Å². The van der Waals surface area contributed by atoms with Gasteiger partial charge in [-0.15, -0.1) is 0 Å². The number of carbonyl (C=O) groups is 1. The molecule has 1 N–H and O–H groups in total. The van der Waals surface area contributed by atoms with Crippen molar-refractivity contribution in [2.24, 2.45) is 0 Å². The van der Waals surface area contributed by atoms with E-state index in [0.29, 0.717) is 29.4 Å².